The van der Waals surface area contributed by atoms with E-state index in [0.29, 0.717) is 10.7 Å². The Balaban J connectivity index is 2.08. The van der Waals surface area contributed by atoms with Crippen molar-refractivity contribution in [2.24, 2.45) is 0 Å². The minimum Gasteiger partial charge on any atom is -0.359 e. The van der Waals surface area contributed by atoms with Crippen molar-refractivity contribution in [1.82, 2.24) is 5.16 Å². The Morgan fingerprint density at radius 2 is 2.06 bits per heavy atom. The van der Waals surface area contributed by atoms with Gasteiger partial charge in [-0.05, 0) is 37.9 Å². The van der Waals surface area contributed by atoms with Crippen LogP contribution in [0.3, 0.4) is 0 Å². The minimum absolute atomic E-state index is 0.252. The molecule has 1 aromatic heterocycles. The van der Waals surface area contributed by atoms with Crippen LogP contribution in [0, 0.1) is 19.7 Å². The maximum absolute atomic E-state index is 13.3. The van der Waals surface area contributed by atoms with Gasteiger partial charge in [0.1, 0.15) is 11.6 Å². The number of rotatable bonds is 3. The average Bonchev–Trinajstić information content (AvgIpc) is 2.59. The smallest absolute Gasteiger partial charge is 0.182 e. The topological polar surface area (TPSA) is 38.1 Å². The molecule has 5 heteroatoms. The minimum atomic E-state index is -0.252. The van der Waals surface area contributed by atoms with E-state index in [0.717, 1.165) is 11.3 Å². The quantitative estimate of drug-likeness (QED) is 0.830. The summed E-state index contributed by atoms with van der Waals surface area (Å²) in [5, 5.41) is 3.83. The van der Waals surface area contributed by atoms with Crippen LogP contribution in [0.4, 0.5) is 10.2 Å². The third kappa shape index (κ3) is 2.19. The predicted molar refractivity (Wildman–Crippen MR) is 61.9 cm³/mol. The lowest BCUT2D eigenvalue weighted by Gasteiger charge is -2.03. The van der Waals surface area contributed by atoms with Crippen LogP contribution in [-0.2, 0) is 0 Å². The zero-order valence-electron chi connectivity index (χ0n) is 8.95. The van der Waals surface area contributed by atoms with Gasteiger partial charge in [-0.1, -0.05) is 17.3 Å². The lowest BCUT2D eigenvalue weighted by atomic mass is 10.3. The zero-order chi connectivity index (χ0) is 11.5. The van der Waals surface area contributed by atoms with Crippen molar-refractivity contribution < 1.29 is 8.91 Å². The monoisotopic (exact) mass is 238 g/mol. The Labute approximate surface area is 97.2 Å². The molecule has 2 rings (SSSR count). The molecule has 0 bridgehead atoms. The molecule has 0 unspecified atom stereocenters. The first-order chi connectivity index (χ1) is 7.68. The summed E-state index contributed by atoms with van der Waals surface area (Å²) in [5.74, 6) is 1.14. The van der Waals surface area contributed by atoms with Crippen LogP contribution in [-0.4, -0.2) is 5.16 Å². The summed E-state index contributed by atoms with van der Waals surface area (Å²) in [7, 11) is 0. The van der Waals surface area contributed by atoms with Crippen LogP contribution >= 0.6 is 11.9 Å². The molecule has 16 heavy (non-hydrogen) atoms. The van der Waals surface area contributed by atoms with E-state index in [1.54, 1.807) is 18.2 Å². The molecule has 1 aromatic carbocycles. The number of anilines is 1. The molecule has 0 aliphatic rings. The van der Waals surface area contributed by atoms with Gasteiger partial charge in [0.2, 0.25) is 0 Å². The van der Waals surface area contributed by atoms with Crippen molar-refractivity contribution in [3.8, 4) is 0 Å². The van der Waals surface area contributed by atoms with Crippen molar-refractivity contribution in [3.63, 3.8) is 0 Å². The molecule has 0 saturated heterocycles. The second kappa shape index (κ2) is 4.57. The van der Waals surface area contributed by atoms with Crippen molar-refractivity contribution in [3.05, 3.63) is 41.4 Å². The van der Waals surface area contributed by atoms with E-state index < -0.39 is 0 Å². The molecule has 0 saturated carbocycles. The van der Waals surface area contributed by atoms with Gasteiger partial charge in [-0.25, -0.2) is 4.39 Å². The fourth-order valence-corrected chi connectivity index (χ4v) is 1.85. The number of nitrogens with one attached hydrogen (secondary N) is 1. The first-order valence-corrected chi connectivity index (χ1v) is 5.60. The van der Waals surface area contributed by atoms with E-state index in [1.807, 2.05) is 13.8 Å². The average molecular weight is 238 g/mol. The molecular formula is C11H11FN2OS. The summed E-state index contributed by atoms with van der Waals surface area (Å²) in [6.07, 6.45) is 0. The van der Waals surface area contributed by atoms with Gasteiger partial charge in [0, 0.05) is 5.56 Å². The zero-order valence-corrected chi connectivity index (χ0v) is 9.77. The summed E-state index contributed by atoms with van der Waals surface area (Å²) in [4.78, 5) is 0.530. The Morgan fingerprint density at radius 1 is 1.31 bits per heavy atom. The highest BCUT2D eigenvalue weighted by atomic mass is 32.2. The van der Waals surface area contributed by atoms with E-state index >= 15 is 0 Å². The van der Waals surface area contributed by atoms with Crippen LogP contribution in [0.1, 0.15) is 11.3 Å². The van der Waals surface area contributed by atoms with Crippen molar-refractivity contribution in [2.45, 2.75) is 18.7 Å². The molecule has 1 N–H and O–H groups in total. The number of hydrogen-bond donors (Lipinski definition) is 1. The molecular weight excluding hydrogens is 227 g/mol. The Bertz CT molecular complexity index is 498. The molecule has 0 aliphatic carbocycles. The van der Waals surface area contributed by atoms with E-state index in [1.165, 1.54) is 18.0 Å². The second-order valence-corrected chi connectivity index (χ2v) is 4.19. The number of aryl methyl sites for hydroxylation is 1. The third-order valence-corrected chi connectivity index (χ3v) is 3.10. The van der Waals surface area contributed by atoms with Gasteiger partial charge in [-0.2, -0.15) is 0 Å². The number of hydrogen-bond acceptors (Lipinski definition) is 4. The van der Waals surface area contributed by atoms with Crippen LogP contribution in [0.25, 0.3) is 0 Å². The SMILES string of the molecule is Cc1onc(NSc2ccccc2F)c1C. The fourth-order valence-electron chi connectivity index (χ4n) is 1.14. The van der Waals surface area contributed by atoms with Gasteiger partial charge in [-0.15, -0.1) is 0 Å². The Hall–Kier alpha value is -1.49. The molecule has 2 aromatic rings. The van der Waals surface area contributed by atoms with Gasteiger partial charge < -0.3 is 9.25 Å². The molecule has 1 heterocycles. The maximum Gasteiger partial charge on any atom is 0.182 e. The van der Waals surface area contributed by atoms with Gasteiger partial charge in [0.25, 0.3) is 0 Å². The van der Waals surface area contributed by atoms with E-state index in [-0.39, 0.29) is 5.82 Å². The number of benzene rings is 1. The largest absolute Gasteiger partial charge is 0.359 e. The van der Waals surface area contributed by atoms with E-state index in [4.69, 9.17) is 4.52 Å². The van der Waals surface area contributed by atoms with Gasteiger partial charge in [-0.3, -0.25) is 0 Å². The van der Waals surface area contributed by atoms with Crippen molar-refractivity contribution >= 4 is 17.8 Å². The summed E-state index contributed by atoms with van der Waals surface area (Å²) < 4.78 is 21.3. The number of nitrogens with zero attached hydrogens (tertiary/aromatic N) is 1. The fraction of sp³-hybridized carbons (Fsp3) is 0.182. The van der Waals surface area contributed by atoms with Crippen LogP contribution < -0.4 is 4.72 Å². The van der Waals surface area contributed by atoms with E-state index in [9.17, 15) is 4.39 Å². The number of aromatic nitrogens is 1. The Morgan fingerprint density at radius 3 is 2.69 bits per heavy atom. The summed E-state index contributed by atoms with van der Waals surface area (Å²) >= 11 is 1.18. The molecule has 0 atom stereocenters. The van der Waals surface area contributed by atoms with Crippen molar-refractivity contribution in [2.75, 3.05) is 4.72 Å². The van der Waals surface area contributed by atoms with Gasteiger partial charge in [0.15, 0.2) is 5.82 Å². The molecule has 0 fully saturated rings. The lowest BCUT2D eigenvalue weighted by molar-refractivity contribution is 0.399. The second-order valence-electron chi connectivity index (χ2n) is 3.35. The maximum atomic E-state index is 13.3. The summed E-state index contributed by atoms with van der Waals surface area (Å²) in [6, 6.07) is 6.57. The Kier molecular flexibility index (Phi) is 3.14. The highest BCUT2D eigenvalue weighted by Crippen LogP contribution is 2.25. The normalized spacial score (nSPS) is 10.4. The highest BCUT2D eigenvalue weighted by Gasteiger charge is 2.08. The van der Waals surface area contributed by atoms with Crippen LogP contribution in [0.2, 0.25) is 0 Å². The first-order valence-electron chi connectivity index (χ1n) is 4.78. The van der Waals surface area contributed by atoms with Crippen LogP contribution in [0.5, 0.6) is 0 Å². The first kappa shape index (κ1) is 11.0. The highest BCUT2D eigenvalue weighted by molar-refractivity contribution is 8.00. The summed E-state index contributed by atoms with van der Waals surface area (Å²) in [6.45, 7) is 3.73. The lowest BCUT2D eigenvalue weighted by Crippen LogP contribution is -1.90. The van der Waals surface area contributed by atoms with Gasteiger partial charge >= 0.3 is 0 Å². The van der Waals surface area contributed by atoms with E-state index in [2.05, 4.69) is 9.88 Å². The molecule has 84 valence electrons. The van der Waals surface area contributed by atoms with Crippen LogP contribution in [0.15, 0.2) is 33.7 Å². The third-order valence-electron chi connectivity index (χ3n) is 2.25. The van der Waals surface area contributed by atoms with Gasteiger partial charge in [0.05, 0.1) is 4.90 Å². The molecule has 0 spiro atoms. The standard InChI is InChI=1S/C11H11FN2OS/c1-7-8(2)15-13-11(7)14-16-10-6-4-3-5-9(10)12/h3-6H,1-2H3,(H,13,14). The molecule has 0 radical (unpaired) electrons. The molecule has 0 aliphatic heterocycles. The summed E-state index contributed by atoms with van der Waals surface area (Å²) in [5.41, 5.74) is 0.934. The molecule has 0 amide bonds. The predicted octanol–water partition coefficient (Wildman–Crippen LogP) is 3.55. The number of halogens is 1. The molecule has 3 nitrogen and oxygen atoms in total. The van der Waals surface area contributed by atoms with Crippen molar-refractivity contribution in [1.29, 1.82) is 0 Å².